The number of rotatable bonds is 3. The Morgan fingerprint density at radius 1 is 1.20 bits per heavy atom. The zero-order valence-corrected chi connectivity index (χ0v) is 13.2. The van der Waals surface area contributed by atoms with Crippen LogP contribution in [0.5, 0.6) is 0 Å². The molecule has 0 aliphatic heterocycles. The second kappa shape index (κ2) is 5.52. The van der Waals surface area contributed by atoms with Crippen LogP contribution in [0.15, 0.2) is 46.4 Å². The van der Waals surface area contributed by atoms with Gasteiger partial charge in [0.15, 0.2) is 6.29 Å². The molecule has 0 unspecified atom stereocenters. The number of benzene rings is 1. The van der Waals surface area contributed by atoms with Crippen LogP contribution in [0.25, 0.3) is 16.3 Å². The first kappa shape index (κ1) is 13.5. The van der Waals surface area contributed by atoms with Gasteiger partial charge in [-0.1, -0.05) is 11.6 Å². The maximum atomic E-state index is 11.2. The van der Waals surface area contributed by atoms with Gasteiger partial charge in [0.25, 0.3) is 0 Å². The first-order chi connectivity index (χ1) is 9.67. The van der Waals surface area contributed by atoms with Crippen molar-refractivity contribution in [3.05, 3.63) is 57.0 Å². The molecule has 0 spiro atoms. The predicted octanol–water partition coefficient (Wildman–Crippen LogP) is 4.83. The van der Waals surface area contributed by atoms with Gasteiger partial charge < -0.3 is 0 Å². The Balaban J connectivity index is 2.09. The lowest BCUT2D eigenvalue weighted by atomic mass is 10.2. The van der Waals surface area contributed by atoms with Gasteiger partial charge in [-0.3, -0.25) is 4.79 Å². The average Bonchev–Trinajstić information content (AvgIpc) is 3.05. The second-order valence-electron chi connectivity index (χ2n) is 4.08. The maximum absolute atomic E-state index is 11.2. The molecule has 2 aromatic heterocycles. The summed E-state index contributed by atoms with van der Waals surface area (Å²) in [6, 6.07) is 11.2. The van der Waals surface area contributed by atoms with Gasteiger partial charge in [-0.25, -0.2) is 4.68 Å². The highest BCUT2D eigenvalue weighted by molar-refractivity contribution is 9.11. The number of halogens is 2. The van der Waals surface area contributed by atoms with E-state index < -0.39 is 0 Å². The van der Waals surface area contributed by atoms with Gasteiger partial charge in [0.05, 0.1) is 19.9 Å². The molecule has 0 atom stereocenters. The van der Waals surface area contributed by atoms with Crippen LogP contribution >= 0.6 is 38.9 Å². The summed E-state index contributed by atoms with van der Waals surface area (Å²) >= 11 is 10.8. The molecule has 3 nitrogen and oxygen atoms in total. The van der Waals surface area contributed by atoms with Crippen LogP contribution in [-0.4, -0.2) is 16.1 Å². The van der Waals surface area contributed by atoms with Crippen molar-refractivity contribution in [1.82, 2.24) is 9.78 Å². The molecule has 0 N–H and O–H groups in total. The van der Waals surface area contributed by atoms with Crippen molar-refractivity contribution < 1.29 is 4.79 Å². The zero-order chi connectivity index (χ0) is 14.1. The number of aldehydes is 1. The molecule has 6 heteroatoms. The van der Waals surface area contributed by atoms with E-state index in [1.54, 1.807) is 34.3 Å². The molecule has 0 saturated heterocycles. The topological polar surface area (TPSA) is 34.9 Å². The average molecular weight is 368 g/mol. The summed E-state index contributed by atoms with van der Waals surface area (Å²) in [6.07, 6.45) is 2.54. The fourth-order valence-electron chi connectivity index (χ4n) is 1.83. The van der Waals surface area contributed by atoms with E-state index in [1.807, 2.05) is 24.3 Å². The number of hydrogen-bond acceptors (Lipinski definition) is 3. The van der Waals surface area contributed by atoms with E-state index in [0.717, 1.165) is 20.6 Å². The Kier molecular flexibility index (Phi) is 3.74. The largest absolute Gasteiger partial charge is 0.298 e. The lowest BCUT2D eigenvalue weighted by Crippen LogP contribution is -1.93. The lowest BCUT2D eigenvalue weighted by Gasteiger charge is -2.00. The molecular formula is C14H8BrClN2OS. The van der Waals surface area contributed by atoms with Gasteiger partial charge in [0, 0.05) is 11.2 Å². The van der Waals surface area contributed by atoms with Gasteiger partial charge >= 0.3 is 0 Å². The van der Waals surface area contributed by atoms with Crippen LogP contribution in [0.2, 0.25) is 5.02 Å². The summed E-state index contributed by atoms with van der Waals surface area (Å²) in [5, 5.41) is 5.16. The lowest BCUT2D eigenvalue weighted by molar-refractivity contribution is 0.112. The normalized spacial score (nSPS) is 10.7. The van der Waals surface area contributed by atoms with Gasteiger partial charge in [0.2, 0.25) is 0 Å². The van der Waals surface area contributed by atoms with Crippen LogP contribution in [0, 0.1) is 0 Å². The number of hydrogen-bond donors (Lipinski definition) is 0. The van der Waals surface area contributed by atoms with Crippen LogP contribution < -0.4 is 0 Å². The number of carbonyl (C=O) groups excluding carboxylic acids is 1. The third kappa shape index (κ3) is 2.57. The molecule has 1 aromatic carbocycles. The van der Waals surface area contributed by atoms with E-state index in [4.69, 9.17) is 11.6 Å². The fraction of sp³-hybridized carbons (Fsp3) is 0. The van der Waals surface area contributed by atoms with Crippen molar-refractivity contribution in [1.29, 1.82) is 0 Å². The molecule has 3 rings (SSSR count). The first-order valence-corrected chi connectivity index (χ1v) is 7.72. The summed E-state index contributed by atoms with van der Waals surface area (Å²) in [4.78, 5) is 12.2. The summed E-state index contributed by atoms with van der Waals surface area (Å²) in [7, 11) is 0. The minimum Gasteiger partial charge on any atom is -0.298 e. The maximum Gasteiger partial charge on any atom is 0.153 e. The summed E-state index contributed by atoms with van der Waals surface area (Å²) in [5.41, 5.74) is 2.11. The molecule has 0 aliphatic rings. The van der Waals surface area contributed by atoms with Crippen LogP contribution in [-0.2, 0) is 0 Å². The van der Waals surface area contributed by atoms with Crippen LogP contribution in [0.1, 0.15) is 10.4 Å². The highest BCUT2D eigenvalue weighted by Gasteiger charge is 2.13. The molecule has 0 fully saturated rings. The van der Waals surface area contributed by atoms with Crippen molar-refractivity contribution in [3.63, 3.8) is 0 Å². The van der Waals surface area contributed by atoms with Gasteiger partial charge in [-0.2, -0.15) is 5.10 Å². The van der Waals surface area contributed by atoms with E-state index in [0.29, 0.717) is 16.3 Å². The van der Waals surface area contributed by atoms with E-state index in [2.05, 4.69) is 21.0 Å². The minimum atomic E-state index is 0.564. The Hall–Kier alpha value is -1.43. The van der Waals surface area contributed by atoms with Crippen molar-refractivity contribution in [2.75, 3.05) is 0 Å². The molecule has 100 valence electrons. The van der Waals surface area contributed by atoms with Crippen molar-refractivity contribution in [3.8, 4) is 16.3 Å². The van der Waals surface area contributed by atoms with E-state index in [9.17, 15) is 4.79 Å². The van der Waals surface area contributed by atoms with E-state index in [-0.39, 0.29) is 0 Å². The number of nitrogens with zero attached hydrogens (tertiary/aromatic N) is 2. The second-order valence-corrected chi connectivity index (χ2v) is 6.98. The molecule has 0 saturated carbocycles. The molecular weight excluding hydrogens is 360 g/mol. The smallest absolute Gasteiger partial charge is 0.153 e. The van der Waals surface area contributed by atoms with Crippen LogP contribution in [0.3, 0.4) is 0 Å². The number of aromatic nitrogens is 2. The summed E-state index contributed by atoms with van der Waals surface area (Å²) < 4.78 is 2.69. The highest BCUT2D eigenvalue weighted by atomic mass is 79.9. The van der Waals surface area contributed by atoms with Gasteiger partial charge in [0.1, 0.15) is 5.69 Å². The molecule has 3 aromatic rings. The van der Waals surface area contributed by atoms with E-state index in [1.165, 1.54) is 0 Å². The zero-order valence-electron chi connectivity index (χ0n) is 10.1. The molecule has 2 heterocycles. The molecule has 0 radical (unpaired) electrons. The Morgan fingerprint density at radius 3 is 2.55 bits per heavy atom. The van der Waals surface area contributed by atoms with Crippen molar-refractivity contribution in [2.45, 2.75) is 0 Å². The molecule has 20 heavy (non-hydrogen) atoms. The molecule has 0 aliphatic carbocycles. The third-order valence-electron chi connectivity index (χ3n) is 2.77. The quantitative estimate of drug-likeness (QED) is 0.622. The highest BCUT2D eigenvalue weighted by Crippen LogP contribution is 2.32. The Labute approximate surface area is 132 Å². The first-order valence-electron chi connectivity index (χ1n) is 5.74. The minimum absolute atomic E-state index is 0.564. The van der Waals surface area contributed by atoms with Gasteiger partial charge in [-0.05, 0) is 52.3 Å². The van der Waals surface area contributed by atoms with Crippen molar-refractivity contribution >= 4 is 45.2 Å². The Morgan fingerprint density at radius 2 is 1.95 bits per heavy atom. The van der Waals surface area contributed by atoms with Crippen molar-refractivity contribution in [2.24, 2.45) is 0 Å². The molecule has 0 bridgehead atoms. The number of thiophene rings is 1. The standard InChI is InChI=1S/C14H8BrClN2OS/c15-13-6-5-12(20-13)14-9(8-19)7-18(17-14)11-3-1-10(16)2-4-11/h1-8H. The number of carbonyl (C=O) groups is 1. The summed E-state index contributed by atoms with van der Waals surface area (Å²) in [6.45, 7) is 0. The molecule has 0 amide bonds. The monoisotopic (exact) mass is 366 g/mol. The van der Waals surface area contributed by atoms with Crippen LogP contribution in [0.4, 0.5) is 0 Å². The van der Waals surface area contributed by atoms with E-state index >= 15 is 0 Å². The fourth-order valence-corrected chi connectivity index (χ4v) is 3.35. The Bertz CT molecular complexity index is 764. The predicted molar refractivity (Wildman–Crippen MR) is 85.0 cm³/mol. The summed E-state index contributed by atoms with van der Waals surface area (Å²) in [5.74, 6) is 0. The third-order valence-corrected chi connectivity index (χ3v) is 4.65. The SMILES string of the molecule is O=Cc1cn(-c2ccc(Cl)cc2)nc1-c1ccc(Br)s1. The van der Waals surface area contributed by atoms with Gasteiger partial charge in [-0.15, -0.1) is 11.3 Å².